The first-order valence-electron chi connectivity index (χ1n) is 24.7. The van der Waals surface area contributed by atoms with Crippen LogP contribution in [0.25, 0.3) is 0 Å². The largest absolute Gasteiger partial charge is 0.462 e. The van der Waals surface area contributed by atoms with Crippen LogP contribution in [-0.4, -0.2) is 37.2 Å². The molecule has 0 saturated heterocycles. The summed E-state index contributed by atoms with van der Waals surface area (Å²) in [4.78, 5) is 37.8. The molecule has 0 saturated carbocycles. The summed E-state index contributed by atoms with van der Waals surface area (Å²) in [6.07, 6.45) is 42.3. The molecule has 6 nitrogen and oxygen atoms in total. The standard InChI is InChI=1S/C50H96O6/c1-6-7-8-9-10-11-12-13-16-19-25-30-35-40-48(51)54-43-47(56-50(53)42-37-32-27-22-21-24-29-34-39-46(4)5)44-55-49(52)41-36-31-26-20-17-14-15-18-23-28-33-38-45(2)3/h45-47H,6-44H2,1-5H3/t47-/m1/s1. The number of unbranched alkanes of at least 4 members (excludes halogenated alkanes) is 29. The number of carbonyl (C=O) groups excluding carboxylic acids is 3. The summed E-state index contributed by atoms with van der Waals surface area (Å²) in [7, 11) is 0. The minimum absolute atomic E-state index is 0.0644. The fraction of sp³-hybridized carbons (Fsp3) is 0.940. The maximum atomic E-state index is 12.7. The average Bonchev–Trinajstić information content (AvgIpc) is 3.16. The smallest absolute Gasteiger partial charge is 0.306 e. The van der Waals surface area contributed by atoms with Crippen LogP contribution in [0.15, 0.2) is 0 Å². The Bertz CT molecular complexity index is 854. The maximum absolute atomic E-state index is 12.7. The van der Waals surface area contributed by atoms with Crippen molar-refractivity contribution >= 4 is 17.9 Å². The normalized spacial score (nSPS) is 12.1. The van der Waals surface area contributed by atoms with Crippen molar-refractivity contribution in [2.45, 2.75) is 278 Å². The van der Waals surface area contributed by atoms with Gasteiger partial charge in [-0.1, -0.05) is 234 Å². The topological polar surface area (TPSA) is 78.9 Å². The molecule has 0 aromatic rings. The van der Waals surface area contributed by atoms with Crippen molar-refractivity contribution in [1.29, 1.82) is 0 Å². The fourth-order valence-corrected chi connectivity index (χ4v) is 7.46. The molecule has 0 aromatic heterocycles. The summed E-state index contributed by atoms with van der Waals surface area (Å²) >= 11 is 0. The number of ether oxygens (including phenoxy) is 3. The highest BCUT2D eigenvalue weighted by Crippen LogP contribution is 2.17. The molecule has 0 fully saturated rings. The monoisotopic (exact) mass is 793 g/mol. The van der Waals surface area contributed by atoms with Crippen molar-refractivity contribution in [3.63, 3.8) is 0 Å². The second kappa shape index (κ2) is 43.0. The zero-order chi connectivity index (χ0) is 41.2. The summed E-state index contributed by atoms with van der Waals surface area (Å²) in [6, 6.07) is 0. The predicted molar refractivity (Wildman–Crippen MR) is 238 cm³/mol. The highest BCUT2D eigenvalue weighted by atomic mass is 16.6. The lowest BCUT2D eigenvalue weighted by Gasteiger charge is -2.18. The summed E-state index contributed by atoms with van der Waals surface area (Å²) in [5.41, 5.74) is 0. The average molecular weight is 793 g/mol. The Morgan fingerprint density at radius 3 is 0.875 bits per heavy atom. The van der Waals surface area contributed by atoms with Gasteiger partial charge in [0.15, 0.2) is 6.10 Å². The Hall–Kier alpha value is -1.59. The van der Waals surface area contributed by atoms with Crippen LogP contribution in [0.5, 0.6) is 0 Å². The van der Waals surface area contributed by atoms with Crippen molar-refractivity contribution in [2.24, 2.45) is 11.8 Å². The summed E-state index contributed by atoms with van der Waals surface area (Å²) in [6.45, 7) is 11.3. The van der Waals surface area contributed by atoms with Crippen molar-refractivity contribution in [1.82, 2.24) is 0 Å². The second-order valence-corrected chi connectivity index (χ2v) is 18.1. The van der Waals surface area contributed by atoms with Gasteiger partial charge in [0.1, 0.15) is 13.2 Å². The van der Waals surface area contributed by atoms with E-state index in [4.69, 9.17) is 14.2 Å². The molecule has 6 heteroatoms. The molecule has 0 aromatic carbocycles. The number of hydrogen-bond acceptors (Lipinski definition) is 6. The van der Waals surface area contributed by atoms with Gasteiger partial charge in [-0.2, -0.15) is 0 Å². The van der Waals surface area contributed by atoms with Crippen LogP contribution in [0.4, 0.5) is 0 Å². The van der Waals surface area contributed by atoms with Crippen LogP contribution in [0.1, 0.15) is 272 Å². The summed E-state index contributed by atoms with van der Waals surface area (Å²) < 4.78 is 16.8. The summed E-state index contributed by atoms with van der Waals surface area (Å²) in [5.74, 6) is 0.767. The van der Waals surface area contributed by atoms with Gasteiger partial charge >= 0.3 is 17.9 Å². The fourth-order valence-electron chi connectivity index (χ4n) is 7.46. The van der Waals surface area contributed by atoms with Gasteiger partial charge < -0.3 is 14.2 Å². The van der Waals surface area contributed by atoms with E-state index in [0.29, 0.717) is 19.3 Å². The molecule has 0 spiro atoms. The van der Waals surface area contributed by atoms with Gasteiger partial charge in [-0.3, -0.25) is 14.4 Å². The van der Waals surface area contributed by atoms with Crippen molar-refractivity contribution < 1.29 is 28.6 Å². The third kappa shape index (κ3) is 43.5. The molecule has 332 valence electrons. The molecule has 56 heavy (non-hydrogen) atoms. The zero-order valence-electron chi connectivity index (χ0n) is 38.3. The van der Waals surface area contributed by atoms with Gasteiger partial charge in [0, 0.05) is 19.3 Å². The third-order valence-corrected chi connectivity index (χ3v) is 11.2. The molecule has 0 aliphatic carbocycles. The molecular weight excluding hydrogens is 697 g/mol. The third-order valence-electron chi connectivity index (χ3n) is 11.2. The molecule has 0 aliphatic heterocycles. The Balaban J connectivity index is 4.31. The van der Waals surface area contributed by atoms with Crippen LogP contribution in [-0.2, 0) is 28.6 Å². The van der Waals surface area contributed by atoms with E-state index in [9.17, 15) is 14.4 Å². The quantitative estimate of drug-likeness (QED) is 0.0347. The molecule has 0 N–H and O–H groups in total. The Morgan fingerprint density at radius 2 is 0.589 bits per heavy atom. The molecule has 0 rings (SSSR count). The van der Waals surface area contributed by atoms with E-state index < -0.39 is 6.10 Å². The molecule has 0 radical (unpaired) electrons. The van der Waals surface area contributed by atoms with E-state index in [1.54, 1.807) is 0 Å². The first kappa shape index (κ1) is 54.4. The Morgan fingerprint density at radius 1 is 0.339 bits per heavy atom. The first-order valence-corrected chi connectivity index (χ1v) is 24.7. The molecule has 0 amide bonds. The highest BCUT2D eigenvalue weighted by molar-refractivity contribution is 5.71. The van der Waals surface area contributed by atoms with Crippen LogP contribution < -0.4 is 0 Å². The minimum Gasteiger partial charge on any atom is -0.462 e. The van der Waals surface area contributed by atoms with Crippen LogP contribution in [0, 0.1) is 11.8 Å². The van der Waals surface area contributed by atoms with Crippen molar-refractivity contribution in [3.05, 3.63) is 0 Å². The summed E-state index contributed by atoms with van der Waals surface area (Å²) in [5, 5.41) is 0. The SMILES string of the molecule is CCCCCCCCCCCCCCCC(=O)OC[C@H](COC(=O)CCCCCCCCCCCCCC(C)C)OC(=O)CCCCCCCCCCC(C)C. The van der Waals surface area contributed by atoms with Gasteiger partial charge in [0.25, 0.3) is 0 Å². The lowest BCUT2D eigenvalue weighted by atomic mass is 10.0. The molecule has 0 bridgehead atoms. The molecular formula is C50H96O6. The molecule has 0 heterocycles. The van der Waals surface area contributed by atoms with E-state index in [0.717, 1.165) is 69.6 Å². The number of rotatable bonds is 44. The van der Waals surface area contributed by atoms with Gasteiger partial charge in [-0.05, 0) is 31.1 Å². The zero-order valence-corrected chi connectivity index (χ0v) is 38.3. The number of carbonyl (C=O) groups is 3. The lowest BCUT2D eigenvalue weighted by molar-refractivity contribution is -0.167. The first-order chi connectivity index (χ1) is 27.2. The van der Waals surface area contributed by atoms with E-state index in [1.807, 2.05) is 0 Å². The van der Waals surface area contributed by atoms with E-state index in [1.165, 1.54) is 161 Å². The molecule has 1 atom stereocenters. The molecule has 0 unspecified atom stereocenters. The van der Waals surface area contributed by atoms with Crippen molar-refractivity contribution in [2.75, 3.05) is 13.2 Å². The van der Waals surface area contributed by atoms with E-state index >= 15 is 0 Å². The van der Waals surface area contributed by atoms with Crippen molar-refractivity contribution in [3.8, 4) is 0 Å². The van der Waals surface area contributed by atoms with Crippen LogP contribution in [0.3, 0.4) is 0 Å². The van der Waals surface area contributed by atoms with E-state index in [2.05, 4.69) is 34.6 Å². The predicted octanol–water partition coefficient (Wildman–Crippen LogP) is 15.8. The second-order valence-electron chi connectivity index (χ2n) is 18.1. The lowest BCUT2D eigenvalue weighted by Crippen LogP contribution is -2.30. The van der Waals surface area contributed by atoms with Gasteiger partial charge in [-0.25, -0.2) is 0 Å². The Labute approximate surface area is 348 Å². The molecule has 0 aliphatic rings. The Kier molecular flexibility index (Phi) is 41.8. The van der Waals surface area contributed by atoms with Gasteiger partial charge in [-0.15, -0.1) is 0 Å². The highest BCUT2D eigenvalue weighted by Gasteiger charge is 2.19. The van der Waals surface area contributed by atoms with Gasteiger partial charge in [0.05, 0.1) is 0 Å². The maximum Gasteiger partial charge on any atom is 0.306 e. The van der Waals surface area contributed by atoms with Crippen LogP contribution in [0.2, 0.25) is 0 Å². The minimum atomic E-state index is -0.761. The van der Waals surface area contributed by atoms with Crippen LogP contribution >= 0.6 is 0 Å². The van der Waals surface area contributed by atoms with Gasteiger partial charge in [0.2, 0.25) is 0 Å². The number of hydrogen-bond donors (Lipinski definition) is 0. The van der Waals surface area contributed by atoms with E-state index in [-0.39, 0.29) is 31.1 Å². The number of esters is 3.